The number of hydrogen-bond acceptors (Lipinski definition) is 4. The van der Waals surface area contributed by atoms with Crippen molar-refractivity contribution in [1.29, 1.82) is 0 Å². The van der Waals surface area contributed by atoms with Crippen molar-refractivity contribution in [3.63, 3.8) is 0 Å². The smallest absolute Gasteiger partial charge is 0.223 e. The van der Waals surface area contributed by atoms with Crippen LogP contribution < -0.4 is 11.1 Å². The summed E-state index contributed by atoms with van der Waals surface area (Å²) >= 11 is 0. The number of sulfone groups is 1. The average Bonchev–Trinajstić information content (AvgIpc) is 2.84. The first-order chi connectivity index (χ1) is 9.77. The van der Waals surface area contributed by atoms with E-state index < -0.39 is 9.84 Å². The molecule has 1 fully saturated rings. The number of halogens is 1. The summed E-state index contributed by atoms with van der Waals surface area (Å²) in [6.45, 7) is 1.89. The molecule has 124 valence electrons. The number of nitrogens with two attached hydrogens (primary N) is 1. The van der Waals surface area contributed by atoms with Crippen LogP contribution in [-0.4, -0.2) is 26.6 Å². The van der Waals surface area contributed by atoms with Gasteiger partial charge in [-0.15, -0.1) is 12.4 Å². The highest BCUT2D eigenvalue weighted by Crippen LogP contribution is 2.25. The standard InChI is InChI=1S/C15H22N2O3S.ClH/c1-10(17-15(18)12-3-6-13(16)9-12)11-4-7-14(8-5-11)21(2,19)20;/h4-5,7-8,10,12-13H,3,6,9,16H2,1-2H3,(H,17,18);1H. The summed E-state index contributed by atoms with van der Waals surface area (Å²) in [4.78, 5) is 12.4. The van der Waals surface area contributed by atoms with Crippen molar-refractivity contribution in [2.45, 2.75) is 43.2 Å². The van der Waals surface area contributed by atoms with Gasteiger partial charge >= 0.3 is 0 Å². The molecule has 3 N–H and O–H groups in total. The normalized spacial score (nSPS) is 22.7. The van der Waals surface area contributed by atoms with Gasteiger partial charge in [0.15, 0.2) is 9.84 Å². The van der Waals surface area contributed by atoms with Crippen molar-refractivity contribution >= 4 is 28.2 Å². The lowest BCUT2D eigenvalue weighted by molar-refractivity contribution is -0.125. The molecule has 7 heteroatoms. The maximum atomic E-state index is 12.1. The number of carbonyl (C=O) groups is 1. The number of nitrogens with one attached hydrogen (secondary N) is 1. The number of carbonyl (C=O) groups excluding carboxylic acids is 1. The van der Waals surface area contributed by atoms with Crippen molar-refractivity contribution in [3.8, 4) is 0 Å². The third-order valence-electron chi connectivity index (χ3n) is 4.01. The molecule has 2 rings (SSSR count). The molecule has 0 saturated heterocycles. The lowest BCUT2D eigenvalue weighted by Gasteiger charge is -2.17. The summed E-state index contributed by atoms with van der Waals surface area (Å²) in [6, 6.07) is 6.59. The zero-order valence-electron chi connectivity index (χ0n) is 12.8. The number of hydrogen-bond donors (Lipinski definition) is 2. The molecule has 1 saturated carbocycles. The van der Waals surface area contributed by atoms with Crippen molar-refractivity contribution < 1.29 is 13.2 Å². The van der Waals surface area contributed by atoms with Gasteiger partial charge in [-0.3, -0.25) is 4.79 Å². The Labute approximate surface area is 138 Å². The van der Waals surface area contributed by atoms with Crippen LogP contribution in [-0.2, 0) is 14.6 Å². The molecule has 0 radical (unpaired) electrons. The topological polar surface area (TPSA) is 89.3 Å². The second-order valence-electron chi connectivity index (χ2n) is 5.84. The Morgan fingerprint density at radius 1 is 1.27 bits per heavy atom. The summed E-state index contributed by atoms with van der Waals surface area (Å²) in [7, 11) is -3.19. The highest BCUT2D eigenvalue weighted by molar-refractivity contribution is 7.90. The Bertz CT molecular complexity index is 616. The second-order valence-corrected chi connectivity index (χ2v) is 7.86. The lowest BCUT2D eigenvalue weighted by atomic mass is 10.0. The van der Waals surface area contributed by atoms with Crippen LogP contribution in [0.5, 0.6) is 0 Å². The zero-order valence-corrected chi connectivity index (χ0v) is 14.4. The minimum Gasteiger partial charge on any atom is -0.349 e. The monoisotopic (exact) mass is 346 g/mol. The molecule has 0 aliphatic heterocycles. The third kappa shape index (κ3) is 4.69. The molecule has 1 aliphatic carbocycles. The van der Waals surface area contributed by atoms with E-state index in [1.807, 2.05) is 6.92 Å². The van der Waals surface area contributed by atoms with Crippen LogP contribution in [0.3, 0.4) is 0 Å². The largest absolute Gasteiger partial charge is 0.349 e. The van der Waals surface area contributed by atoms with Gasteiger partial charge in [-0.05, 0) is 43.9 Å². The van der Waals surface area contributed by atoms with Gasteiger partial charge in [-0.25, -0.2) is 8.42 Å². The molecule has 0 heterocycles. The van der Waals surface area contributed by atoms with Crippen molar-refractivity contribution in [2.75, 3.05) is 6.26 Å². The maximum Gasteiger partial charge on any atom is 0.223 e. The van der Waals surface area contributed by atoms with E-state index in [9.17, 15) is 13.2 Å². The van der Waals surface area contributed by atoms with Gasteiger partial charge in [0.25, 0.3) is 0 Å². The zero-order chi connectivity index (χ0) is 15.6. The fourth-order valence-corrected chi connectivity index (χ4v) is 3.30. The third-order valence-corrected chi connectivity index (χ3v) is 5.14. The number of amides is 1. The molecule has 1 aromatic carbocycles. The van der Waals surface area contributed by atoms with Crippen molar-refractivity contribution in [3.05, 3.63) is 29.8 Å². The van der Waals surface area contributed by atoms with Gasteiger partial charge in [0.05, 0.1) is 10.9 Å². The Hall–Kier alpha value is -1.11. The van der Waals surface area contributed by atoms with Gasteiger partial charge in [0.2, 0.25) is 5.91 Å². The summed E-state index contributed by atoms with van der Waals surface area (Å²) in [5, 5.41) is 2.97. The Morgan fingerprint density at radius 3 is 2.32 bits per heavy atom. The van der Waals surface area contributed by atoms with E-state index in [-0.39, 0.29) is 41.2 Å². The van der Waals surface area contributed by atoms with Crippen LogP contribution in [0.1, 0.15) is 37.8 Å². The van der Waals surface area contributed by atoms with Crippen LogP contribution in [0.4, 0.5) is 0 Å². The van der Waals surface area contributed by atoms with E-state index in [1.165, 1.54) is 6.26 Å². The highest BCUT2D eigenvalue weighted by Gasteiger charge is 2.28. The molecule has 1 aromatic rings. The average molecular weight is 347 g/mol. The lowest BCUT2D eigenvalue weighted by Crippen LogP contribution is -2.32. The summed E-state index contributed by atoms with van der Waals surface area (Å²) in [6.07, 6.45) is 3.66. The fraction of sp³-hybridized carbons (Fsp3) is 0.533. The van der Waals surface area contributed by atoms with Gasteiger partial charge in [0.1, 0.15) is 0 Å². The molecule has 22 heavy (non-hydrogen) atoms. The Morgan fingerprint density at radius 2 is 1.86 bits per heavy atom. The number of benzene rings is 1. The van der Waals surface area contributed by atoms with Gasteiger partial charge in [-0.2, -0.15) is 0 Å². The minimum atomic E-state index is -3.19. The predicted octanol–water partition coefficient (Wildman–Crippen LogP) is 1.82. The van der Waals surface area contributed by atoms with E-state index in [0.29, 0.717) is 0 Å². The van der Waals surface area contributed by atoms with Gasteiger partial charge < -0.3 is 11.1 Å². The molecule has 0 spiro atoms. The minimum absolute atomic E-state index is 0. The van der Waals surface area contributed by atoms with Gasteiger partial charge in [0, 0.05) is 18.2 Å². The highest BCUT2D eigenvalue weighted by atomic mass is 35.5. The molecule has 1 amide bonds. The molecule has 3 unspecified atom stereocenters. The first-order valence-electron chi connectivity index (χ1n) is 7.13. The number of rotatable bonds is 4. The summed E-state index contributed by atoms with van der Waals surface area (Å²) in [5.74, 6) is 0.0281. The molecule has 0 bridgehead atoms. The van der Waals surface area contributed by atoms with E-state index in [1.54, 1.807) is 24.3 Å². The van der Waals surface area contributed by atoms with Crippen LogP contribution in [0, 0.1) is 5.92 Å². The molecular formula is C15H23ClN2O3S. The first kappa shape index (κ1) is 18.9. The Balaban J connectivity index is 0.00000242. The predicted molar refractivity (Wildman–Crippen MR) is 88.7 cm³/mol. The molecule has 0 aromatic heterocycles. The molecule has 5 nitrogen and oxygen atoms in total. The van der Waals surface area contributed by atoms with E-state index in [4.69, 9.17) is 5.73 Å². The van der Waals surface area contributed by atoms with Gasteiger partial charge in [-0.1, -0.05) is 12.1 Å². The van der Waals surface area contributed by atoms with Crippen LogP contribution in [0.2, 0.25) is 0 Å². The quantitative estimate of drug-likeness (QED) is 0.870. The molecule has 1 aliphatic rings. The summed E-state index contributed by atoms with van der Waals surface area (Å²) in [5.41, 5.74) is 6.71. The molecular weight excluding hydrogens is 324 g/mol. The Kier molecular flexibility index (Phi) is 6.40. The van der Waals surface area contributed by atoms with E-state index in [0.717, 1.165) is 24.8 Å². The molecule has 3 atom stereocenters. The van der Waals surface area contributed by atoms with Crippen molar-refractivity contribution in [2.24, 2.45) is 11.7 Å². The maximum absolute atomic E-state index is 12.1. The van der Waals surface area contributed by atoms with Crippen LogP contribution in [0.15, 0.2) is 29.2 Å². The fourth-order valence-electron chi connectivity index (χ4n) is 2.67. The SMILES string of the molecule is CC(NC(=O)C1CCC(N)C1)c1ccc(S(C)(=O)=O)cc1.Cl. The first-order valence-corrected chi connectivity index (χ1v) is 9.02. The van der Waals surface area contributed by atoms with E-state index >= 15 is 0 Å². The van der Waals surface area contributed by atoms with E-state index in [2.05, 4.69) is 5.32 Å². The summed E-state index contributed by atoms with van der Waals surface area (Å²) < 4.78 is 22.8. The second kappa shape index (κ2) is 7.44. The van der Waals surface area contributed by atoms with Crippen LogP contribution >= 0.6 is 12.4 Å². The van der Waals surface area contributed by atoms with Crippen molar-refractivity contribution in [1.82, 2.24) is 5.32 Å². The van der Waals surface area contributed by atoms with Crippen LogP contribution in [0.25, 0.3) is 0 Å².